The minimum Gasteiger partial charge on any atom is -0.371 e. The summed E-state index contributed by atoms with van der Waals surface area (Å²) in [6, 6.07) is 23.3. The van der Waals surface area contributed by atoms with E-state index in [0.29, 0.717) is 15.5 Å². The maximum absolute atomic E-state index is 5.88. The van der Waals surface area contributed by atoms with Gasteiger partial charge in [0, 0.05) is 53.5 Å². The summed E-state index contributed by atoms with van der Waals surface area (Å²) < 4.78 is 0. The predicted molar refractivity (Wildman–Crippen MR) is 182 cm³/mol. The lowest BCUT2D eigenvalue weighted by molar-refractivity contribution is 1.05. The lowest BCUT2D eigenvalue weighted by atomic mass is 10.2. The molecule has 3 N–H and O–H groups in total. The van der Waals surface area contributed by atoms with Gasteiger partial charge in [-0.1, -0.05) is 130 Å². The number of halogens is 3. The minimum atomic E-state index is 0. The second-order valence-corrected chi connectivity index (χ2v) is 8.98. The first-order chi connectivity index (χ1) is 19.0. The number of nitrogens with zero attached hydrogens (tertiary/aromatic N) is 6. The van der Waals surface area contributed by atoms with Crippen LogP contribution in [0.2, 0.25) is 15.5 Å². The van der Waals surface area contributed by atoms with E-state index in [4.69, 9.17) is 34.8 Å². The van der Waals surface area contributed by atoms with E-state index in [-0.39, 0.29) is 22.3 Å². The molecule has 3 heterocycles. The highest BCUT2D eigenvalue weighted by molar-refractivity contribution is 6.38. The Labute approximate surface area is 262 Å². The van der Waals surface area contributed by atoms with E-state index in [1.807, 2.05) is 93.9 Å². The van der Waals surface area contributed by atoms with Gasteiger partial charge in [0.15, 0.2) is 32.9 Å². The fraction of sp³-hybridized carbons (Fsp3) is 0.200. The topological polar surface area (TPSA) is 113 Å². The summed E-state index contributed by atoms with van der Waals surface area (Å²) >= 11 is 17.5. The molecule has 0 unspecified atom stereocenters. The lowest BCUT2D eigenvalue weighted by Gasteiger charge is -2.07. The molecule has 6 rings (SSSR count). The fourth-order valence-corrected chi connectivity index (χ4v) is 4.38. The van der Waals surface area contributed by atoms with Gasteiger partial charge in [-0.25, -0.2) is 0 Å². The molecular weight excluding hydrogens is 593 g/mol. The second-order valence-electron chi connectivity index (χ2n) is 7.91. The molecule has 0 aliphatic heterocycles. The second kappa shape index (κ2) is 17.0. The SMILES string of the molecule is C.C.C.CNc1nnc(Cl)c2ccccc12.CNc1nnc(NC)c2ccccc12.Clc1nnc(Cl)c2ccccc12. The molecule has 12 heteroatoms. The lowest BCUT2D eigenvalue weighted by Crippen LogP contribution is -2.00. The van der Waals surface area contributed by atoms with Crippen molar-refractivity contribution >= 4 is 84.6 Å². The Balaban J connectivity index is 0.000000305. The van der Waals surface area contributed by atoms with Crippen LogP contribution in [0.25, 0.3) is 32.3 Å². The molecular formula is C30H36Cl3N9. The summed E-state index contributed by atoms with van der Waals surface area (Å²) in [5.74, 6) is 2.36. The molecule has 0 aliphatic rings. The van der Waals surface area contributed by atoms with Crippen molar-refractivity contribution in [3.8, 4) is 0 Å². The van der Waals surface area contributed by atoms with Crippen LogP contribution in [0.15, 0.2) is 72.8 Å². The van der Waals surface area contributed by atoms with Gasteiger partial charge in [0.1, 0.15) is 0 Å². The highest BCUT2D eigenvalue weighted by atomic mass is 35.5. The number of aromatic nitrogens is 6. The van der Waals surface area contributed by atoms with Crippen LogP contribution in [0.1, 0.15) is 22.3 Å². The Morgan fingerprint density at radius 3 is 0.905 bits per heavy atom. The standard InChI is InChI=1S/C10H12N4.C9H8ClN3.C8H4Cl2N2.3CH4/c1-11-9-7-5-3-4-6-8(7)10(12-2)14-13-9;1-11-9-7-5-3-2-4-6(7)8(10)12-13-9;9-7-5-3-1-2-4-6(5)8(10)12-11-7;;;/h3-6H,1-2H3,(H,11,13)(H,12,14);2-5H,1H3,(H,11,13);1-4H;3*1H4. The van der Waals surface area contributed by atoms with E-state index in [2.05, 4.69) is 46.5 Å². The van der Waals surface area contributed by atoms with Gasteiger partial charge in [-0.05, 0) is 0 Å². The third kappa shape index (κ3) is 8.03. The molecule has 6 aromatic rings. The molecule has 3 aromatic heterocycles. The number of rotatable bonds is 3. The molecule has 0 amide bonds. The van der Waals surface area contributed by atoms with E-state index in [9.17, 15) is 0 Å². The summed E-state index contributed by atoms with van der Waals surface area (Å²) in [6.45, 7) is 0. The molecule has 0 aliphatic carbocycles. The molecule has 3 aromatic carbocycles. The molecule has 0 saturated carbocycles. The fourth-order valence-electron chi connectivity index (χ4n) is 3.77. The molecule has 42 heavy (non-hydrogen) atoms. The quantitative estimate of drug-likeness (QED) is 0.177. The zero-order valence-electron chi connectivity index (χ0n) is 21.2. The number of hydrogen-bond donors (Lipinski definition) is 3. The van der Waals surface area contributed by atoms with Crippen molar-refractivity contribution in [1.82, 2.24) is 30.6 Å². The van der Waals surface area contributed by atoms with Gasteiger partial charge >= 0.3 is 0 Å². The van der Waals surface area contributed by atoms with E-state index >= 15 is 0 Å². The predicted octanol–water partition coefficient (Wildman–Crippen LogP) is 8.88. The number of fused-ring (bicyclic) bond motifs is 3. The van der Waals surface area contributed by atoms with Crippen LogP contribution in [-0.2, 0) is 0 Å². The highest BCUT2D eigenvalue weighted by Crippen LogP contribution is 2.26. The maximum atomic E-state index is 5.88. The van der Waals surface area contributed by atoms with Gasteiger partial charge in [0.2, 0.25) is 0 Å². The molecule has 9 nitrogen and oxygen atoms in total. The van der Waals surface area contributed by atoms with E-state index < -0.39 is 0 Å². The summed E-state index contributed by atoms with van der Waals surface area (Å²) in [5.41, 5.74) is 0. The first-order valence-electron chi connectivity index (χ1n) is 11.7. The first-order valence-corrected chi connectivity index (χ1v) is 12.9. The third-order valence-electron chi connectivity index (χ3n) is 5.64. The Morgan fingerprint density at radius 1 is 0.381 bits per heavy atom. The van der Waals surface area contributed by atoms with Crippen molar-refractivity contribution in [1.29, 1.82) is 0 Å². The van der Waals surface area contributed by atoms with Crippen LogP contribution >= 0.6 is 34.8 Å². The molecule has 0 atom stereocenters. The van der Waals surface area contributed by atoms with Crippen molar-refractivity contribution in [3.63, 3.8) is 0 Å². The van der Waals surface area contributed by atoms with Crippen molar-refractivity contribution in [2.24, 2.45) is 0 Å². The zero-order chi connectivity index (χ0) is 27.8. The highest BCUT2D eigenvalue weighted by Gasteiger charge is 2.06. The average molecular weight is 629 g/mol. The summed E-state index contributed by atoms with van der Waals surface area (Å²) in [7, 11) is 5.50. The van der Waals surface area contributed by atoms with Crippen LogP contribution in [0.5, 0.6) is 0 Å². The number of hydrogen-bond acceptors (Lipinski definition) is 9. The molecule has 222 valence electrons. The van der Waals surface area contributed by atoms with Crippen LogP contribution in [0.3, 0.4) is 0 Å². The Hall–Kier alpha value is -4.05. The molecule has 0 radical (unpaired) electrons. The Kier molecular flexibility index (Phi) is 14.6. The van der Waals surface area contributed by atoms with Crippen molar-refractivity contribution in [2.75, 3.05) is 37.1 Å². The van der Waals surface area contributed by atoms with Gasteiger partial charge in [-0.15, -0.1) is 30.6 Å². The van der Waals surface area contributed by atoms with Gasteiger partial charge in [0.05, 0.1) is 0 Å². The van der Waals surface area contributed by atoms with Gasteiger partial charge in [-0.3, -0.25) is 0 Å². The van der Waals surface area contributed by atoms with Crippen molar-refractivity contribution in [3.05, 3.63) is 88.3 Å². The van der Waals surface area contributed by atoms with Gasteiger partial charge in [-0.2, -0.15) is 0 Å². The minimum absolute atomic E-state index is 0. The van der Waals surface area contributed by atoms with E-state index in [1.165, 1.54) is 0 Å². The van der Waals surface area contributed by atoms with Gasteiger partial charge < -0.3 is 16.0 Å². The van der Waals surface area contributed by atoms with E-state index in [0.717, 1.165) is 49.8 Å². The van der Waals surface area contributed by atoms with Crippen LogP contribution < -0.4 is 16.0 Å². The normalized spacial score (nSPS) is 9.57. The monoisotopic (exact) mass is 627 g/mol. The largest absolute Gasteiger partial charge is 0.371 e. The number of nitrogens with one attached hydrogen (secondary N) is 3. The zero-order valence-corrected chi connectivity index (χ0v) is 23.5. The van der Waals surface area contributed by atoms with Crippen LogP contribution in [-0.4, -0.2) is 51.7 Å². The van der Waals surface area contributed by atoms with Crippen LogP contribution in [0.4, 0.5) is 17.5 Å². The molecule has 0 bridgehead atoms. The summed E-state index contributed by atoms with van der Waals surface area (Å²) in [4.78, 5) is 0. The number of benzene rings is 3. The van der Waals surface area contributed by atoms with Crippen molar-refractivity contribution < 1.29 is 0 Å². The average Bonchev–Trinajstić information content (AvgIpc) is 3.00. The Bertz CT molecular complexity index is 1650. The first kappa shape index (κ1) is 36.0. The van der Waals surface area contributed by atoms with Crippen LogP contribution in [0, 0.1) is 0 Å². The molecule has 0 spiro atoms. The summed E-state index contributed by atoms with van der Waals surface area (Å²) in [6.07, 6.45) is 0. The van der Waals surface area contributed by atoms with E-state index in [1.54, 1.807) is 0 Å². The summed E-state index contributed by atoms with van der Waals surface area (Å²) in [5, 5.41) is 39.2. The number of anilines is 3. The molecule has 0 fully saturated rings. The maximum Gasteiger partial charge on any atom is 0.159 e. The smallest absolute Gasteiger partial charge is 0.159 e. The van der Waals surface area contributed by atoms with Gasteiger partial charge in [0.25, 0.3) is 0 Å². The third-order valence-corrected chi connectivity index (χ3v) is 6.47. The van der Waals surface area contributed by atoms with Crippen molar-refractivity contribution in [2.45, 2.75) is 22.3 Å². The Morgan fingerprint density at radius 2 is 0.595 bits per heavy atom. The molecule has 0 saturated heterocycles.